The lowest BCUT2D eigenvalue weighted by Crippen LogP contribution is -2.27. The first-order valence-electron chi connectivity index (χ1n) is 7.92. The van der Waals surface area contributed by atoms with Gasteiger partial charge >= 0.3 is 12.1 Å². The number of carbonyl (C=O) groups is 2. The van der Waals surface area contributed by atoms with E-state index in [-0.39, 0.29) is 5.69 Å². The minimum absolute atomic E-state index is 0.232. The van der Waals surface area contributed by atoms with E-state index < -0.39 is 17.7 Å². The Morgan fingerprint density at radius 2 is 1.92 bits per heavy atom. The summed E-state index contributed by atoms with van der Waals surface area (Å²) in [5.74, 6) is -0.639. The van der Waals surface area contributed by atoms with Gasteiger partial charge in [0.2, 0.25) is 0 Å². The second-order valence-electron chi connectivity index (χ2n) is 6.68. The summed E-state index contributed by atoms with van der Waals surface area (Å²) in [6.07, 6.45) is 0.977. The largest absolute Gasteiger partial charge is 0.444 e. The molecule has 2 heterocycles. The Hall–Kier alpha value is -3.36. The number of rotatable bonds is 3. The highest BCUT2D eigenvalue weighted by Gasteiger charge is 2.20. The number of hydrogen-bond acceptors (Lipinski definition) is 6. The molecule has 3 rings (SSSR count). The SMILES string of the molecule is Cn1cc(NC(=O)OC(C)(C)C)cc1C(=O)On1nnc2ccccc21. The standard InChI is InChI=1S/C17H19N5O4/c1-17(2,3)25-16(24)18-11-9-14(21(4)10-11)15(23)26-22-13-8-6-5-7-12(13)19-20-22/h5-10H,1-4H3,(H,18,24). The van der Waals surface area contributed by atoms with Crippen LogP contribution in [0, 0.1) is 0 Å². The Kier molecular flexibility index (Phi) is 4.37. The predicted molar refractivity (Wildman–Crippen MR) is 93.7 cm³/mol. The first-order chi connectivity index (χ1) is 12.2. The number of aryl methyl sites for hydroxylation is 1. The van der Waals surface area contributed by atoms with Crippen molar-refractivity contribution in [1.82, 2.24) is 19.7 Å². The highest BCUT2D eigenvalue weighted by atomic mass is 16.7. The summed E-state index contributed by atoms with van der Waals surface area (Å²) in [7, 11) is 1.66. The minimum atomic E-state index is -0.639. The van der Waals surface area contributed by atoms with E-state index in [0.717, 1.165) is 4.85 Å². The van der Waals surface area contributed by atoms with Crippen LogP contribution < -0.4 is 10.2 Å². The lowest BCUT2D eigenvalue weighted by Gasteiger charge is -2.19. The molecule has 9 nitrogen and oxygen atoms in total. The third kappa shape index (κ3) is 3.82. The zero-order valence-electron chi connectivity index (χ0n) is 14.9. The molecule has 0 aliphatic rings. The number of amides is 1. The van der Waals surface area contributed by atoms with E-state index >= 15 is 0 Å². The van der Waals surface area contributed by atoms with E-state index in [1.54, 1.807) is 52.2 Å². The van der Waals surface area contributed by atoms with Gasteiger partial charge in [-0.1, -0.05) is 17.0 Å². The molecule has 136 valence electrons. The Morgan fingerprint density at radius 3 is 2.65 bits per heavy atom. The summed E-state index contributed by atoms with van der Waals surface area (Å²) in [4.78, 5) is 30.6. The van der Waals surface area contributed by atoms with Crippen LogP contribution in [0.15, 0.2) is 36.5 Å². The summed E-state index contributed by atoms with van der Waals surface area (Å²) in [5, 5.41) is 10.3. The molecule has 0 radical (unpaired) electrons. The van der Waals surface area contributed by atoms with Crippen LogP contribution in [0.5, 0.6) is 0 Å². The van der Waals surface area contributed by atoms with Crippen LogP contribution in [-0.4, -0.2) is 37.4 Å². The maximum atomic E-state index is 12.4. The van der Waals surface area contributed by atoms with Crippen molar-refractivity contribution in [1.29, 1.82) is 0 Å². The number of nitrogens with one attached hydrogen (secondary N) is 1. The van der Waals surface area contributed by atoms with Crippen molar-refractivity contribution in [3.63, 3.8) is 0 Å². The summed E-state index contributed by atoms with van der Waals surface area (Å²) >= 11 is 0. The fourth-order valence-corrected chi connectivity index (χ4v) is 2.30. The molecule has 0 spiro atoms. The Morgan fingerprint density at radius 1 is 1.19 bits per heavy atom. The van der Waals surface area contributed by atoms with Gasteiger partial charge in [-0.2, -0.15) is 0 Å². The molecule has 9 heteroatoms. The van der Waals surface area contributed by atoms with Gasteiger partial charge < -0.3 is 14.1 Å². The van der Waals surface area contributed by atoms with Crippen molar-refractivity contribution >= 4 is 28.8 Å². The van der Waals surface area contributed by atoms with Crippen molar-refractivity contribution < 1.29 is 19.2 Å². The number of nitrogens with zero attached hydrogens (tertiary/aromatic N) is 4. The van der Waals surface area contributed by atoms with E-state index in [9.17, 15) is 9.59 Å². The normalized spacial score (nSPS) is 11.4. The molecule has 1 N–H and O–H groups in total. The van der Waals surface area contributed by atoms with Gasteiger partial charge in [0.05, 0.1) is 5.69 Å². The van der Waals surface area contributed by atoms with Gasteiger partial charge in [0.1, 0.15) is 22.3 Å². The molecule has 0 aliphatic carbocycles. The number of para-hydroxylation sites is 1. The van der Waals surface area contributed by atoms with Gasteiger partial charge in [-0.3, -0.25) is 5.32 Å². The van der Waals surface area contributed by atoms with E-state index in [2.05, 4.69) is 15.6 Å². The molecule has 1 aromatic carbocycles. The monoisotopic (exact) mass is 357 g/mol. The van der Waals surface area contributed by atoms with E-state index in [1.807, 2.05) is 6.07 Å². The van der Waals surface area contributed by atoms with E-state index in [0.29, 0.717) is 16.7 Å². The molecule has 0 saturated carbocycles. The fraction of sp³-hybridized carbons (Fsp3) is 0.294. The number of aromatic nitrogens is 4. The number of fused-ring (bicyclic) bond motifs is 1. The molecule has 0 unspecified atom stereocenters. The topological polar surface area (TPSA) is 100 Å². The maximum absolute atomic E-state index is 12.4. The average Bonchev–Trinajstić information content (AvgIpc) is 3.09. The lowest BCUT2D eigenvalue weighted by molar-refractivity contribution is 0.0397. The minimum Gasteiger partial charge on any atom is -0.444 e. The van der Waals surface area contributed by atoms with E-state index in [1.165, 1.54) is 10.6 Å². The number of hydrogen-bond donors (Lipinski definition) is 1. The quantitative estimate of drug-likeness (QED) is 0.723. The van der Waals surface area contributed by atoms with E-state index in [4.69, 9.17) is 9.57 Å². The number of benzene rings is 1. The molecular formula is C17H19N5O4. The third-order valence-electron chi connectivity index (χ3n) is 3.35. The van der Waals surface area contributed by atoms with Crippen LogP contribution in [0.3, 0.4) is 0 Å². The van der Waals surface area contributed by atoms with Crippen LogP contribution >= 0.6 is 0 Å². The molecule has 2 aromatic heterocycles. The number of carbonyl (C=O) groups excluding carboxylic acids is 2. The molecule has 0 fully saturated rings. The van der Waals surface area contributed by atoms with Gasteiger partial charge in [-0.15, -0.1) is 5.10 Å². The van der Waals surface area contributed by atoms with Crippen molar-refractivity contribution in [3.8, 4) is 0 Å². The van der Waals surface area contributed by atoms with Crippen molar-refractivity contribution in [3.05, 3.63) is 42.2 Å². The molecule has 0 atom stereocenters. The molecule has 3 aromatic rings. The molecule has 26 heavy (non-hydrogen) atoms. The lowest BCUT2D eigenvalue weighted by atomic mass is 10.2. The van der Waals surface area contributed by atoms with Crippen molar-refractivity contribution in [2.24, 2.45) is 7.05 Å². The predicted octanol–water partition coefficient (Wildman–Crippen LogP) is 2.39. The summed E-state index contributed by atoms with van der Waals surface area (Å²) in [6, 6.07) is 8.60. The maximum Gasteiger partial charge on any atom is 0.412 e. The average molecular weight is 357 g/mol. The molecule has 0 bridgehead atoms. The highest BCUT2D eigenvalue weighted by molar-refractivity contribution is 5.92. The van der Waals surface area contributed by atoms with Crippen LogP contribution in [0.4, 0.5) is 10.5 Å². The first kappa shape index (κ1) is 17.5. The zero-order chi connectivity index (χ0) is 18.9. The summed E-state index contributed by atoms with van der Waals surface area (Å²) < 4.78 is 6.72. The molecule has 0 saturated heterocycles. The second kappa shape index (κ2) is 6.51. The van der Waals surface area contributed by atoms with Crippen molar-refractivity contribution in [2.45, 2.75) is 26.4 Å². The molecule has 1 amide bonds. The third-order valence-corrected chi connectivity index (χ3v) is 3.35. The number of ether oxygens (including phenoxy) is 1. The Bertz CT molecular complexity index is 967. The van der Waals surface area contributed by atoms with Crippen LogP contribution in [-0.2, 0) is 11.8 Å². The first-order valence-corrected chi connectivity index (χ1v) is 7.92. The Labute approximate surface area is 149 Å². The summed E-state index contributed by atoms with van der Waals surface area (Å²) in [6.45, 7) is 5.30. The number of anilines is 1. The van der Waals surface area contributed by atoms with Gasteiger partial charge in [-0.25, -0.2) is 9.59 Å². The highest BCUT2D eigenvalue weighted by Crippen LogP contribution is 2.16. The van der Waals surface area contributed by atoms with Crippen LogP contribution in [0.1, 0.15) is 31.3 Å². The van der Waals surface area contributed by atoms with Gasteiger partial charge in [-0.05, 0) is 44.2 Å². The van der Waals surface area contributed by atoms with Crippen molar-refractivity contribution in [2.75, 3.05) is 5.32 Å². The van der Waals surface area contributed by atoms with Gasteiger partial charge in [0.25, 0.3) is 0 Å². The van der Waals surface area contributed by atoms with Crippen LogP contribution in [0.25, 0.3) is 11.0 Å². The van der Waals surface area contributed by atoms with Gasteiger partial charge in [0, 0.05) is 13.2 Å². The summed E-state index contributed by atoms with van der Waals surface area (Å²) in [5.41, 5.74) is 1.21. The zero-order valence-corrected chi connectivity index (χ0v) is 14.9. The van der Waals surface area contributed by atoms with Gasteiger partial charge in [0.15, 0.2) is 0 Å². The molecule has 0 aliphatic heterocycles. The fourth-order valence-electron chi connectivity index (χ4n) is 2.30. The smallest absolute Gasteiger partial charge is 0.412 e. The Balaban J connectivity index is 1.74. The molecular weight excluding hydrogens is 338 g/mol. The second-order valence-corrected chi connectivity index (χ2v) is 6.68. The van der Waals surface area contributed by atoms with Crippen LogP contribution in [0.2, 0.25) is 0 Å².